The minimum absolute atomic E-state index is 0.100. The third-order valence-corrected chi connectivity index (χ3v) is 4.70. The Kier molecular flexibility index (Phi) is 2.57. The Morgan fingerprint density at radius 3 is 2.59 bits per heavy atom. The van der Waals surface area contributed by atoms with Crippen molar-refractivity contribution in [3.05, 3.63) is 34.9 Å². The van der Waals surface area contributed by atoms with Crippen LogP contribution in [-0.4, -0.2) is 5.78 Å². The van der Waals surface area contributed by atoms with Gasteiger partial charge in [-0.15, -0.1) is 0 Å². The van der Waals surface area contributed by atoms with Gasteiger partial charge in [-0.2, -0.15) is 0 Å². The number of fused-ring (bicyclic) bond motifs is 2. The molecule has 0 amide bonds. The van der Waals surface area contributed by atoms with Crippen molar-refractivity contribution in [2.24, 2.45) is 0 Å². The molecule has 0 radical (unpaired) electrons. The van der Waals surface area contributed by atoms with Crippen molar-refractivity contribution in [3.63, 3.8) is 0 Å². The van der Waals surface area contributed by atoms with Crippen LogP contribution in [0.2, 0.25) is 0 Å². The van der Waals surface area contributed by atoms with Crippen LogP contribution >= 0.6 is 0 Å². The van der Waals surface area contributed by atoms with E-state index in [2.05, 4.69) is 25.1 Å². The summed E-state index contributed by atoms with van der Waals surface area (Å²) < 4.78 is 0. The second-order valence-electron chi connectivity index (χ2n) is 5.67. The lowest BCUT2D eigenvalue weighted by molar-refractivity contribution is -0.126. The molecular formula is C16H20O. The van der Waals surface area contributed by atoms with E-state index >= 15 is 0 Å². The highest BCUT2D eigenvalue weighted by molar-refractivity contribution is 5.93. The van der Waals surface area contributed by atoms with E-state index < -0.39 is 0 Å². The zero-order valence-corrected chi connectivity index (χ0v) is 10.6. The number of rotatable bonds is 0. The Hall–Kier alpha value is -1.11. The lowest BCUT2D eigenvalue weighted by atomic mass is 9.61. The Labute approximate surface area is 103 Å². The van der Waals surface area contributed by atoms with Crippen molar-refractivity contribution < 1.29 is 4.79 Å². The van der Waals surface area contributed by atoms with E-state index in [9.17, 15) is 4.79 Å². The fourth-order valence-corrected chi connectivity index (χ4v) is 3.93. The van der Waals surface area contributed by atoms with E-state index in [0.29, 0.717) is 5.78 Å². The molecule has 2 aliphatic carbocycles. The summed E-state index contributed by atoms with van der Waals surface area (Å²) in [6, 6.07) is 6.54. The van der Waals surface area contributed by atoms with Crippen LogP contribution in [-0.2, 0) is 16.6 Å². The molecule has 1 saturated carbocycles. The fourth-order valence-electron chi connectivity index (χ4n) is 3.93. The van der Waals surface area contributed by atoms with Gasteiger partial charge in [0.05, 0.1) is 5.41 Å². The predicted octanol–water partition coefficient (Wildman–Crippen LogP) is 3.71. The van der Waals surface area contributed by atoms with Crippen LogP contribution in [0.1, 0.15) is 55.2 Å². The molecule has 0 aromatic heterocycles. The van der Waals surface area contributed by atoms with Gasteiger partial charge in [-0.05, 0) is 42.9 Å². The number of hydrogen-bond donors (Lipinski definition) is 0. The lowest BCUT2D eigenvalue weighted by Gasteiger charge is -2.41. The Balaban J connectivity index is 2.18. The van der Waals surface area contributed by atoms with Gasteiger partial charge in [-0.25, -0.2) is 0 Å². The first-order valence-corrected chi connectivity index (χ1v) is 6.86. The Morgan fingerprint density at radius 2 is 1.82 bits per heavy atom. The van der Waals surface area contributed by atoms with Gasteiger partial charge in [0.25, 0.3) is 0 Å². The van der Waals surface area contributed by atoms with Gasteiger partial charge in [-0.1, -0.05) is 37.5 Å². The van der Waals surface area contributed by atoms with E-state index in [4.69, 9.17) is 0 Å². The predicted molar refractivity (Wildman–Crippen MR) is 69.3 cm³/mol. The molecule has 0 unspecified atom stereocenters. The van der Waals surface area contributed by atoms with Crippen molar-refractivity contribution in [1.29, 1.82) is 0 Å². The van der Waals surface area contributed by atoms with Crippen molar-refractivity contribution in [3.8, 4) is 0 Å². The van der Waals surface area contributed by atoms with Crippen LogP contribution in [0.3, 0.4) is 0 Å². The topological polar surface area (TPSA) is 17.1 Å². The Bertz CT molecular complexity index is 453. The normalized spacial score (nSPS) is 22.5. The number of Topliss-reactive ketones (excluding diaryl/α,β-unsaturated/α-hetero) is 1. The van der Waals surface area contributed by atoms with E-state index in [0.717, 1.165) is 25.7 Å². The number of carbonyl (C=O) groups excluding carboxylic acids is 1. The molecule has 0 heterocycles. The fraction of sp³-hybridized carbons (Fsp3) is 0.562. The number of carbonyl (C=O) groups is 1. The highest BCUT2D eigenvalue weighted by Crippen LogP contribution is 2.46. The summed E-state index contributed by atoms with van der Waals surface area (Å²) in [5.74, 6) is 0.513. The molecule has 2 aliphatic rings. The molecule has 17 heavy (non-hydrogen) atoms. The smallest absolute Gasteiger partial charge is 0.143 e. The maximum absolute atomic E-state index is 12.5. The zero-order chi connectivity index (χ0) is 11.9. The second-order valence-corrected chi connectivity index (χ2v) is 5.67. The average molecular weight is 228 g/mol. The van der Waals surface area contributed by atoms with Gasteiger partial charge in [0.15, 0.2) is 0 Å². The van der Waals surface area contributed by atoms with Crippen LogP contribution in [0.25, 0.3) is 0 Å². The Morgan fingerprint density at radius 1 is 1.06 bits per heavy atom. The second kappa shape index (κ2) is 3.97. The summed E-state index contributed by atoms with van der Waals surface area (Å²) in [6.45, 7) is 2.17. The number of benzene rings is 1. The molecule has 1 heteroatoms. The van der Waals surface area contributed by atoms with Crippen molar-refractivity contribution >= 4 is 5.78 Å². The molecule has 1 spiro atoms. The largest absolute Gasteiger partial charge is 0.299 e. The highest BCUT2D eigenvalue weighted by Gasteiger charge is 2.44. The summed E-state index contributed by atoms with van der Waals surface area (Å²) in [5.41, 5.74) is 4.07. The van der Waals surface area contributed by atoms with Crippen LogP contribution in [0.4, 0.5) is 0 Å². The molecule has 0 aliphatic heterocycles. The molecule has 1 aromatic rings. The van der Waals surface area contributed by atoms with Gasteiger partial charge < -0.3 is 0 Å². The monoisotopic (exact) mass is 228 g/mol. The van der Waals surface area contributed by atoms with Gasteiger partial charge in [0.2, 0.25) is 0 Å². The van der Waals surface area contributed by atoms with Gasteiger partial charge in [-0.3, -0.25) is 4.79 Å². The number of ketones is 1. The first-order chi connectivity index (χ1) is 8.24. The maximum atomic E-state index is 12.5. The van der Waals surface area contributed by atoms with Crippen molar-refractivity contribution in [1.82, 2.24) is 0 Å². The molecule has 0 N–H and O–H groups in total. The minimum Gasteiger partial charge on any atom is -0.299 e. The SMILES string of the molecule is Cc1cccc2c1C1(CCCCC1)C(=O)CC2. The highest BCUT2D eigenvalue weighted by atomic mass is 16.1. The van der Waals surface area contributed by atoms with Gasteiger partial charge in [0, 0.05) is 6.42 Å². The van der Waals surface area contributed by atoms with Crippen molar-refractivity contribution in [2.75, 3.05) is 0 Å². The molecular weight excluding hydrogens is 208 g/mol. The summed E-state index contributed by atoms with van der Waals surface area (Å²) >= 11 is 0. The van der Waals surface area contributed by atoms with E-state index in [1.807, 2.05) is 0 Å². The molecule has 1 fully saturated rings. The first kappa shape index (κ1) is 11.0. The third kappa shape index (κ3) is 1.55. The molecule has 0 bridgehead atoms. The van der Waals surface area contributed by atoms with E-state index in [1.54, 1.807) is 0 Å². The van der Waals surface area contributed by atoms with E-state index in [1.165, 1.54) is 36.0 Å². The molecule has 3 rings (SSSR count). The summed E-state index contributed by atoms with van der Waals surface area (Å²) in [5, 5.41) is 0. The quantitative estimate of drug-likeness (QED) is 0.661. The van der Waals surface area contributed by atoms with Gasteiger partial charge in [0.1, 0.15) is 5.78 Å². The van der Waals surface area contributed by atoms with Crippen LogP contribution < -0.4 is 0 Å². The van der Waals surface area contributed by atoms with Crippen LogP contribution in [0.5, 0.6) is 0 Å². The number of aryl methyl sites for hydroxylation is 2. The number of hydrogen-bond acceptors (Lipinski definition) is 1. The van der Waals surface area contributed by atoms with Gasteiger partial charge >= 0.3 is 0 Å². The maximum Gasteiger partial charge on any atom is 0.143 e. The van der Waals surface area contributed by atoms with Crippen LogP contribution in [0.15, 0.2) is 18.2 Å². The standard InChI is InChI=1S/C16H20O/c1-12-6-5-7-13-8-9-14(17)16(15(12)13)10-3-2-4-11-16/h5-7H,2-4,8-11H2,1H3. The summed E-state index contributed by atoms with van der Waals surface area (Å²) in [4.78, 5) is 12.5. The van der Waals surface area contributed by atoms with E-state index in [-0.39, 0.29) is 5.41 Å². The average Bonchev–Trinajstić information content (AvgIpc) is 2.35. The lowest BCUT2D eigenvalue weighted by Crippen LogP contribution is -2.42. The summed E-state index contributed by atoms with van der Waals surface area (Å²) in [6.07, 6.45) is 7.64. The minimum atomic E-state index is -0.100. The molecule has 0 atom stereocenters. The third-order valence-electron chi connectivity index (χ3n) is 4.70. The van der Waals surface area contributed by atoms with Crippen LogP contribution in [0, 0.1) is 6.92 Å². The summed E-state index contributed by atoms with van der Waals surface area (Å²) in [7, 11) is 0. The first-order valence-electron chi connectivity index (χ1n) is 6.86. The van der Waals surface area contributed by atoms with Crippen molar-refractivity contribution in [2.45, 2.75) is 57.3 Å². The molecule has 1 nitrogen and oxygen atoms in total. The zero-order valence-electron chi connectivity index (χ0n) is 10.6. The molecule has 90 valence electrons. The molecule has 1 aromatic carbocycles. The molecule has 0 saturated heterocycles.